The standard InChI is InChI=1S/C20H16F3N3O2S/c1-12-10-16(27)18(19(28)25-8-6-17-13(11-25)7-9-29-17)24-26(12)15-5-3-2-4-14(15)20(21,22)23/h2-5,7,9-10H,6,8,11H2,1H3. The Hall–Kier alpha value is -2.94. The molecule has 0 spiro atoms. The van der Waals surface area contributed by atoms with E-state index in [9.17, 15) is 22.8 Å². The maximum Gasteiger partial charge on any atom is 0.418 e. The molecule has 1 aliphatic rings. The van der Waals surface area contributed by atoms with Crippen molar-refractivity contribution in [2.75, 3.05) is 6.54 Å². The van der Waals surface area contributed by atoms with E-state index < -0.39 is 23.1 Å². The van der Waals surface area contributed by atoms with Crippen LogP contribution in [-0.2, 0) is 19.1 Å². The highest BCUT2D eigenvalue weighted by Gasteiger charge is 2.34. The molecule has 0 saturated heterocycles. The van der Waals surface area contributed by atoms with E-state index in [2.05, 4.69) is 5.10 Å². The van der Waals surface area contributed by atoms with E-state index in [1.165, 1.54) is 34.9 Å². The molecule has 0 saturated carbocycles. The number of fused-ring (bicyclic) bond motifs is 1. The van der Waals surface area contributed by atoms with E-state index in [4.69, 9.17) is 0 Å². The van der Waals surface area contributed by atoms with Gasteiger partial charge < -0.3 is 4.90 Å². The summed E-state index contributed by atoms with van der Waals surface area (Å²) in [5, 5.41) is 6.00. The number of nitrogens with zero attached hydrogens (tertiary/aromatic N) is 3. The Morgan fingerprint density at radius 2 is 1.97 bits per heavy atom. The summed E-state index contributed by atoms with van der Waals surface area (Å²) in [6.07, 6.45) is -3.92. The van der Waals surface area contributed by atoms with E-state index in [1.807, 2.05) is 11.4 Å². The maximum absolute atomic E-state index is 13.4. The number of para-hydroxylation sites is 1. The second-order valence-corrected chi connectivity index (χ2v) is 7.77. The number of hydrogen-bond donors (Lipinski definition) is 0. The third-order valence-corrected chi connectivity index (χ3v) is 5.87. The predicted molar refractivity (Wildman–Crippen MR) is 102 cm³/mol. The molecule has 1 aliphatic heterocycles. The smallest absolute Gasteiger partial charge is 0.332 e. The SMILES string of the molecule is Cc1cc(=O)c(C(=O)N2CCc3sccc3C2)nn1-c1ccccc1C(F)(F)F. The number of aromatic nitrogens is 2. The summed E-state index contributed by atoms with van der Waals surface area (Å²) in [5.41, 5.74) is -0.883. The first-order chi connectivity index (χ1) is 13.8. The van der Waals surface area contributed by atoms with Crippen molar-refractivity contribution in [2.24, 2.45) is 0 Å². The summed E-state index contributed by atoms with van der Waals surface area (Å²) >= 11 is 1.62. The topological polar surface area (TPSA) is 55.2 Å². The van der Waals surface area contributed by atoms with Crippen molar-refractivity contribution in [3.63, 3.8) is 0 Å². The summed E-state index contributed by atoms with van der Waals surface area (Å²) in [6, 6.07) is 8.02. The van der Waals surface area contributed by atoms with Crippen molar-refractivity contribution in [1.82, 2.24) is 14.7 Å². The fourth-order valence-electron chi connectivity index (χ4n) is 3.41. The molecule has 0 unspecified atom stereocenters. The lowest BCUT2D eigenvalue weighted by molar-refractivity contribution is -0.137. The van der Waals surface area contributed by atoms with Gasteiger partial charge in [-0.3, -0.25) is 9.59 Å². The molecule has 3 aromatic rings. The second kappa shape index (κ2) is 7.14. The number of hydrogen-bond acceptors (Lipinski definition) is 4. The molecule has 0 fully saturated rings. The summed E-state index contributed by atoms with van der Waals surface area (Å²) in [4.78, 5) is 28.1. The highest BCUT2D eigenvalue weighted by atomic mass is 32.1. The Morgan fingerprint density at radius 3 is 2.72 bits per heavy atom. The average Bonchev–Trinajstić information content (AvgIpc) is 3.15. The maximum atomic E-state index is 13.4. The Bertz CT molecular complexity index is 1150. The van der Waals surface area contributed by atoms with Gasteiger partial charge >= 0.3 is 6.18 Å². The summed E-state index contributed by atoms with van der Waals surface area (Å²) in [6.45, 7) is 2.26. The first-order valence-corrected chi connectivity index (χ1v) is 9.76. The number of alkyl halides is 3. The van der Waals surface area contributed by atoms with Gasteiger partial charge in [-0.15, -0.1) is 11.3 Å². The number of carbonyl (C=O) groups is 1. The third-order valence-electron chi connectivity index (χ3n) is 4.84. The van der Waals surface area contributed by atoms with Crippen molar-refractivity contribution in [2.45, 2.75) is 26.1 Å². The van der Waals surface area contributed by atoms with Gasteiger partial charge in [-0.1, -0.05) is 12.1 Å². The van der Waals surface area contributed by atoms with Gasteiger partial charge in [0.15, 0.2) is 5.69 Å². The first kappa shape index (κ1) is 19.4. The molecule has 5 nitrogen and oxygen atoms in total. The molecule has 0 atom stereocenters. The minimum atomic E-state index is -4.60. The fraction of sp³-hybridized carbons (Fsp3) is 0.250. The molecule has 0 bridgehead atoms. The van der Waals surface area contributed by atoms with Gasteiger partial charge in [-0.05, 0) is 42.5 Å². The predicted octanol–water partition coefficient (Wildman–Crippen LogP) is 3.82. The fourth-order valence-corrected chi connectivity index (χ4v) is 4.30. The van der Waals surface area contributed by atoms with Crippen LogP contribution in [-0.4, -0.2) is 27.1 Å². The minimum Gasteiger partial charge on any atom is -0.332 e. The van der Waals surface area contributed by atoms with Gasteiger partial charge in [0, 0.05) is 29.7 Å². The molecular weight excluding hydrogens is 403 g/mol. The van der Waals surface area contributed by atoms with Crippen LogP contribution in [0.15, 0.2) is 46.6 Å². The summed E-state index contributed by atoms with van der Waals surface area (Å²) in [7, 11) is 0. The van der Waals surface area contributed by atoms with Crippen LogP contribution in [0.2, 0.25) is 0 Å². The van der Waals surface area contributed by atoms with Crippen LogP contribution in [0.5, 0.6) is 0 Å². The van der Waals surface area contributed by atoms with Gasteiger partial charge in [0.05, 0.1) is 11.3 Å². The molecular formula is C20H16F3N3O2S. The number of aryl methyl sites for hydroxylation is 1. The molecule has 1 aromatic carbocycles. The van der Waals surface area contributed by atoms with E-state index in [1.54, 1.807) is 11.3 Å². The van der Waals surface area contributed by atoms with Crippen molar-refractivity contribution >= 4 is 17.2 Å². The van der Waals surface area contributed by atoms with Gasteiger partial charge in [0.25, 0.3) is 5.91 Å². The van der Waals surface area contributed by atoms with E-state index in [0.717, 1.165) is 22.4 Å². The summed E-state index contributed by atoms with van der Waals surface area (Å²) < 4.78 is 41.3. The Kier molecular flexibility index (Phi) is 4.77. The molecule has 1 amide bonds. The number of amides is 1. The molecule has 0 aliphatic carbocycles. The molecule has 4 rings (SSSR count). The van der Waals surface area contributed by atoms with Crippen molar-refractivity contribution in [1.29, 1.82) is 0 Å². The molecule has 9 heteroatoms. The largest absolute Gasteiger partial charge is 0.418 e. The van der Waals surface area contributed by atoms with Gasteiger partial charge in [-0.25, -0.2) is 4.68 Å². The summed E-state index contributed by atoms with van der Waals surface area (Å²) in [5.74, 6) is -0.579. The molecule has 29 heavy (non-hydrogen) atoms. The quantitative estimate of drug-likeness (QED) is 0.635. The average molecular weight is 419 g/mol. The Balaban J connectivity index is 1.76. The van der Waals surface area contributed by atoms with Gasteiger partial charge in [0.1, 0.15) is 0 Å². The van der Waals surface area contributed by atoms with Crippen molar-refractivity contribution in [3.8, 4) is 5.69 Å². The highest BCUT2D eigenvalue weighted by Crippen LogP contribution is 2.33. The number of thiophene rings is 1. The van der Waals surface area contributed by atoms with Crippen molar-refractivity contribution < 1.29 is 18.0 Å². The van der Waals surface area contributed by atoms with Crippen LogP contribution in [0.25, 0.3) is 5.69 Å². The zero-order valence-electron chi connectivity index (χ0n) is 15.4. The molecule has 0 N–H and O–H groups in total. The number of rotatable bonds is 2. The molecule has 0 radical (unpaired) electrons. The minimum absolute atomic E-state index is 0.210. The van der Waals surface area contributed by atoms with Crippen LogP contribution in [0.3, 0.4) is 0 Å². The van der Waals surface area contributed by atoms with E-state index in [-0.39, 0.29) is 17.1 Å². The lowest BCUT2D eigenvalue weighted by Crippen LogP contribution is -2.39. The Morgan fingerprint density at radius 1 is 1.21 bits per heavy atom. The van der Waals surface area contributed by atoms with Crippen molar-refractivity contribution in [3.05, 3.63) is 79.4 Å². The van der Waals surface area contributed by atoms with Crippen LogP contribution in [0.4, 0.5) is 13.2 Å². The Labute approximate surface area is 168 Å². The highest BCUT2D eigenvalue weighted by molar-refractivity contribution is 7.10. The number of carbonyl (C=O) groups excluding carboxylic acids is 1. The first-order valence-electron chi connectivity index (χ1n) is 8.88. The van der Waals surface area contributed by atoms with Crippen LogP contribution < -0.4 is 5.43 Å². The normalized spacial score (nSPS) is 14.0. The van der Waals surface area contributed by atoms with Gasteiger partial charge in [-0.2, -0.15) is 18.3 Å². The van der Waals surface area contributed by atoms with Crippen LogP contribution in [0.1, 0.15) is 32.2 Å². The lowest BCUT2D eigenvalue weighted by atomic mass is 10.1. The monoisotopic (exact) mass is 419 g/mol. The van der Waals surface area contributed by atoms with Crippen LogP contribution >= 0.6 is 11.3 Å². The lowest BCUT2D eigenvalue weighted by Gasteiger charge is -2.26. The third kappa shape index (κ3) is 3.57. The molecule has 3 heterocycles. The van der Waals surface area contributed by atoms with Crippen LogP contribution in [0, 0.1) is 6.92 Å². The van der Waals surface area contributed by atoms with E-state index >= 15 is 0 Å². The van der Waals surface area contributed by atoms with E-state index in [0.29, 0.717) is 19.5 Å². The zero-order chi connectivity index (χ0) is 20.8. The number of benzene rings is 1. The van der Waals surface area contributed by atoms with Gasteiger partial charge in [0.2, 0.25) is 5.43 Å². The number of halogens is 3. The second-order valence-electron chi connectivity index (χ2n) is 6.77. The zero-order valence-corrected chi connectivity index (χ0v) is 16.2. The molecule has 150 valence electrons. The molecule has 2 aromatic heterocycles.